The number of carbonyl (C=O) groups is 1. The average Bonchev–Trinajstić information content (AvgIpc) is 2.74. The second kappa shape index (κ2) is 10.5. The molecule has 1 atom stereocenters. The summed E-state index contributed by atoms with van der Waals surface area (Å²) in [7, 11) is -7.46. The Morgan fingerprint density at radius 1 is 0.969 bits per heavy atom. The molecule has 0 spiro atoms. The summed E-state index contributed by atoms with van der Waals surface area (Å²) in [6.07, 6.45) is 0. The van der Waals surface area contributed by atoms with Gasteiger partial charge in [0, 0.05) is 19.6 Å². The highest BCUT2D eigenvalue weighted by molar-refractivity contribution is 7.89. The maximum Gasteiger partial charge on any atom is 0.254 e. The molecule has 0 fully saturated rings. The van der Waals surface area contributed by atoms with E-state index in [-0.39, 0.29) is 16.3 Å². The molecule has 2 N–H and O–H groups in total. The molecule has 32 heavy (non-hydrogen) atoms. The number of sulfonamides is 2. The number of amides is 1. The number of nitrogens with one attached hydrogen (secondary N) is 2. The van der Waals surface area contributed by atoms with Crippen molar-refractivity contribution in [3.63, 3.8) is 0 Å². The summed E-state index contributed by atoms with van der Waals surface area (Å²) in [6.45, 7) is 7.62. The standard InChI is InChI=1S/C21H28FN3O5S2/c1-5-23-31(27,28)18-12-13-20(22)19(14-18)21(26)24-15(4)16-8-10-17(11-9-16)32(29,30)25(6-2)7-3/h8-15,23H,5-7H2,1-4H3,(H,24,26). The van der Waals surface area contributed by atoms with E-state index in [1.54, 1.807) is 39.8 Å². The zero-order valence-corrected chi connectivity index (χ0v) is 20.1. The number of nitrogens with zero attached hydrogens (tertiary/aromatic N) is 1. The molecule has 1 unspecified atom stereocenters. The van der Waals surface area contributed by atoms with Gasteiger partial charge in [-0.3, -0.25) is 4.79 Å². The number of halogens is 1. The molecule has 2 aromatic carbocycles. The van der Waals surface area contributed by atoms with E-state index < -0.39 is 43.4 Å². The summed E-state index contributed by atoms with van der Waals surface area (Å²) in [4.78, 5) is 12.5. The lowest BCUT2D eigenvalue weighted by molar-refractivity contribution is 0.0935. The summed E-state index contributed by atoms with van der Waals surface area (Å²) in [5, 5.41) is 2.61. The maximum absolute atomic E-state index is 14.2. The Bertz CT molecular complexity index is 1160. The van der Waals surface area contributed by atoms with Gasteiger partial charge in [-0.1, -0.05) is 32.9 Å². The van der Waals surface area contributed by atoms with Gasteiger partial charge in [-0.15, -0.1) is 0 Å². The van der Waals surface area contributed by atoms with Crippen LogP contribution in [0.4, 0.5) is 4.39 Å². The second-order valence-electron chi connectivity index (χ2n) is 7.00. The van der Waals surface area contributed by atoms with Crippen LogP contribution in [0.3, 0.4) is 0 Å². The van der Waals surface area contributed by atoms with E-state index >= 15 is 0 Å². The zero-order valence-electron chi connectivity index (χ0n) is 18.4. The molecule has 0 aliphatic carbocycles. The van der Waals surface area contributed by atoms with Gasteiger partial charge in [-0.05, 0) is 42.8 Å². The second-order valence-corrected chi connectivity index (χ2v) is 10.7. The molecule has 0 aliphatic rings. The topological polar surface area (TPSA) is 113 Å². The van der Waals surface area contributed by atoms with Gasteiger partial charge >= 0.3 is 0 Å². The van der Waals surface area contributed by atoms with Gasteiger partial charge < -0.3 is 5.32 Å². The Kier molecular flexibility index (Phi) is 8.52. The lowest BCUT2D eigenvalue weighted by Gasteiger charge is -2.19. The van der Waals surface area contributed by atoms with Gasteiger partial charge in [0.15, 0.2) is 0 Å². The summed E-state index contributed by atoms with van der Waals surface area (Å²) in [5.74, 6) is -1.64. The van der Waals surface area contributed by atoms with Crippen molar-refractivity contribution in [1.82, 2.24) is 14.3 Å². The SMILES string of the molecule is CCNS(=O)(=O)c1ccc(F)c(C(=O)NC(C)c2ccc(S(=O)(=O)N(CC)CC)cc2)c1. The maximum atomic E-state index is 14.2. The van der Waals surface area contributed by atoms with Gasteiger partial charge in [-0.25, -0.2) is 25.9 Å². The van der Waals surface area contributed by atoms with Crippen LogP contribution >= 0.6 is 0 Å². The minimum atomic E-state index is -3.85. The largest absolute Gasteiger partial charge is 0.345 e. The molecule has 176 valence electrons. The molecular formula is C21H28FN3O5S2. The van der Waals surface area contributed by atoms with E-state index in [1.165, 1.54) is 16.4 Å². The van der Waals surface area contributed by atoms with Gasteiger partial charge in [0.1, 0.15) is 5.82 Å². The van der Waals surface area contributed by atoms with E-state index in [1.807, 2.05) is 0 Å². The fourth-order valence-electron chi connectivity index (χ4n) is 3.12. The molecule has 0 bridgehead atoms. The van der Waals surface area contributed by atoms with Gasteiger partial charge in [0.05, 0.1) is 21.4 Å². The third-order valence-electron chi connectivity index (χ3n) is 4.90. The summed E-state index contributed by atoms with van der Waals surface area (Å²) in [6, 6.07) is 8.47. The normalized spacial score (nSPS) is 13.2. The minimum Gasteiger partial charge on any atom is -0.345 e. The first-order valence-electron chi connectivity index (χ1n) is 10.2. The Labute approximate surface area is 188 Å². The van der Waals surface area contributed by atoms with Crippen molar-refractivity contribution in [2.75, 3.05) is 19.6 Å². The molecule has 0 aromatic heterocycles. The third-order valence-corrected chi connectivity index (χ3v) is 8.51. The van der Waals surface area contributed by atoms with Crippen LogP contribution in [0.15, 0.2) is 52.3 Å². The van der Waals surface area contributed by atoms with Crippen LogP contribution in [-0.2, 0) is 20.0 Å². The molecule has 0 saturated heterocycles. The molecule has 0 radical (unpaired) electrons. The highest BCUT2D eigenvalue weighted by Gasteiger charge is 2.23. The molecular weight excluding hydrogens is 457 g/mol. The third kappa shape index (κ3) is 5.71. The highest BCUT2D eigenvalue weighted by Crippen LogP contribution is 2.21. The smallest absolute Gasteiger partial charge is 0.254 e. The van der Waals surface area contributed by atoms with Crippen LogP contribution in [0.1, 0.15) is 49.7 Å². The number of rotatable bonds is 10. The van der Waals surface area contributed by atoms with Crippen molar-refractivity contribution < 1.29 is 26.0 Å². The van der Waals surface area contributed by atoms with Crippen molar-refractivity contribution >= 4 is 26.0 Å². The highest BCUT2D eigenvalue weighted by atomic mass is 32.2. The van der Waals surface area contributed by atoms with E-state index in [0.717, 1.165) is 18.2 Å². The van der Waals surface area contributed by atoms with Crippen LogP contribution in [-0.4, -0.2) is 46.7 Å². The van der Waals surface area contributed by atoms with Crippen LogP contribution in [0.25, 0.3) is 0 Å². The predicted molar refractivity (Wildman–Crippen MR) is 120 cm³/mol. The van der Waals surface area contributed by atoms with Crippen molar-refractivity contribution in [2.24, 2.45) is 0 Å². The Morgan fingerprint density at radius 3 is 2.06 bits per heavy atom. The lowest BCUT2D eigenvalue weighted by atomic mass is 10.1. The molecule has 0 aliphatic heterocycles. The molecule has 2 aromatic rings. The first-order valence-corrected chi connectivity index (χ1v) is 13.1. The number of benzene rings is 2. The fourth-order valence-corrected chi connectivity index (χ4v) is 5.64. The first kappa shape index (κ1) is 25.9. The van der Waals surface area contributed by atoms with Crippen molar-refractivity contribution in [2.45, 2.75) is 43.5 Å². The monoisotopic (exact) mass is 485 g/mol. The molecule has 0 saturated carbocycles. The average molecular weight is 486 g/mol. The summed E-state index contributed by atoms with van der Waals surface area (Å²) >= 11 is 0. The number of hydrogen-bond acceptors (Lipinski definition) is 5. The fraction of sp³-hybridized carbons (Fsp3) is 0.381. The molecule has 8 nitrogen and oxygen atoms in total. The summed E-state index contributed by atoms with van der Waals surface area (Å²) < 4.78 is 67.3. The van der Waals surface area contributed by atoms with Crippen LogP contribution in [0.2, 0.25) is 0 Å². The van der Waals surface area contributed by atoms with Crippen molar-refractivity contribution in [3.05, 3.63) is 59.4 Å². The quantitative estimate of drug-likeness (QED) is 0.537. The van der Waals surface area contributed by atoms with Crippen molar-refractivity contribution in [3.8, 4) is 0 Å². The molecule has 0 heterocycles. The number of hydrogen-bond donors (Lipinski definition) is 2. The Hall–Kier alpha value is -2.34. The first-order chi connectivity index (χ1) is 15.0. The summed E-state index contributed by atoms with van der Waals surface area (Å²) in [5.41, 5.74) is 0.199. The van der Waals surface area contributed by atoms with Gasteiger partial charge in [-0.2, -0.15) is 4.31 Å². The molecule has 2 rings (SSSR count). The van der Waals surface area contributed by atoms with Crippen LogP contribution in [0, 0.1) is 5.82 Å². The zero-order chi connectivity index (χ0) is 24.1. The molecule has 1 amide bonds. The number of carbonyl (C=O) groups excluding carboxylic acids is 1. The Morgan fingerprint density at radius 2 is 1.53 bits per heavy atom. The van der Waals surface area contributed by atoms with E-state index in [2.05, 4.69) is 10.0 Å². The van der Waals surface area contributed by atoms with E-state index in [4.69, 9.17) is 0 Å². The van der Waals surface area contributed by atoms with Crippen LogP contribution in [0.5, 0.6) is 0 Å². The van der Waals surface area contributed by atoms with Crippen LogP contribution < -0.4 is 10.0 Å². The van der Waals surface area contributed by atoms with Gasteiger partial charge in [0.2, 0.25) is 20.0 Å². The van der Waals surface area contributed by atoms with Crippen molar-refractivity contribution in [1.29, 1.82) is 0 Å². The van der Waals surface area contributed by atoms with E-state index in [9.17, 15) is 26.0 Å². The van der Waals surface area contributed by atoms with Gasteiger partial charge in [0.25, 0.3) is 5.91 Å². The minimum absolute atomic E-state index is 0.135. The lowest BCUT2D eigenvalue weighted by Crippen LogP contribution is -2.30. The van der Waals surface area contributed by atoms with E-state index in [0.29, 0.717) is 18.7 Å². The Balaban J connectivity index is 2.23. The predicted octanol–water partition coefficient (Wildman–Crippen LogP) is 2.65. The molecule has 11 heteroatoms.